The molecule has 2 fully saturated rings. The van der Waals surface area contributed by atoms with E-state index in [4.69, 9.17) is 4.74 Å². The summed E-state index contributed by atoms with van der Waals surface area (Å²) in [5.41, 5.74) is 2.01. The van der Waals surface area contributed by atoms with Crippen molar-refractivity contribution < 1.29 is 14.3 Å². The molecule has 3 aliphatic rings. The summed E-state index contributed by atoms with van der Waals surface area (Å²) in [6.45, 7) is 0. The smallest absolute Gasteiger partial charge is 0.252 e. The summed E-state index contributed by atoms with van der Waals surface area (Å²) in [5.74, 6) is 1.21. The molecule has 0 bridgehead atoms. The number of fused-ring (bicyclic) bond motifs is 3. The van der Waals surface area contributed by atoms with E-state index < -0.39 is 5.54 Å². The fourth-order valence-corrected chi connectivity index (χ4v) is 4.48. The van der Waals surface area contributed by atoms with Gasteiger partial charge in [-0.3, -0.25) is 9.59 Å². The molecule has 1 aliphatic heterocycles. The van der Waals surface area contributed by atoms with Gasteiger partial charge in [0.2, 0.25) is 5.91 Å². The topological polar surface area (TPSA) is 85.3 Å². The van der Waals surface area contributed by atoms with E-state index in [2.05, 4.69) is 32.3 Å². The number of carbonyl (C=O) groups excluding carboxylic acids is 2. The van der Waals surface area contributed by atoms with Gasteiger partial charge in [-0.2, -0.15) is 0 Å². The standard InChI is InChI=1S/C26H26N4O3/c31-24(18-5-8-19(9-6-18)33-20-10-11-20)29-26(13-14-26)25(32)28-21-12-7-17-3-1-2-4-22(17)30-16-15-27-23(21)30/h1-6,8-9,15-16,20-21H,7,10-14H2,(H,28,32)(H,29,31)/t21-/m1/s1. The van der Waals surface area contributed by atoms with Crippen LogP contribution >= 0.6 is 0 Å². The third kappa shape index (κ3) is 3.88. The average molecular weight is 443 g/mol. The van der Waals surface area contributed by atoms with Crippen LogP contribution in [-0.2, 0) is 11.2 Å². The minimum Gasteiger partial charge on any atom is -0.490 e. The van der Waals surface area contributed by atoms with Crippen molar-refractivity contribution in [2.45, 2.75) is 56.2 Å². The molecule has 2 saturated carbocycles. The van der Waals surface area contributed by atoms with E-state index in [1.165, 1.54) is 5.56 Å². The third-order valence-electron chi connectivity index (χ3n) is 6.72. The summed E-state index contributed by atoms with van der Waals surface area (Å²) in [7, 11) is 0. The number of amides is 2. The van der Waals surface area contributed by atoms with Crippen LogP contribution < -0.4 is 15.4 Å². The van der Waals surface area contributed by atoms with Crippen molar-refractivity contribution in [3.63, 3.8) is 0 Å². The molecule has 0 unspecified atom stereocenters. The predicted octanol–water partition coefficient (Wildman–Crippen LogP) is 3.48. The molecular weight excluding hydrogens is 416 g/mol. The molecule has 6 rings (SSSR count). The highest BCUT2D eigenvalue weighted by Gasteiger charge is 2.52. The van der Waals surface area contributed by atoms with Crippen molar-refractivity contribution in [3.05, 3.63) is 77.9 Å². The van der Waals surface area contributed by atoms with Gasteiger partial charge < -0.3 is 19.9 Å². The summed E-state index contributed by atoms with van der Waals surface area (Å²) in [5, 5.41) is 6.15. The molecule has 3 aromatic rings. The lowest BCUT2D eigenvalue weighted by molar-refractivity contribution is -0.124. The second-order valence-corrected chi connectivity index (χ2v) is 9.23. The number of hydrogen-bond acceptors (Lipinski definition) is 4. The Bertz CT molecular complexity index is 1210. The zero-order chi connectivity index (χ0) is 22.4. The number of aromatic nitrogens is 2. The van der Waals surface area contributed by atoms with Gasteiger partial charge in [-0.25, -0.2) is 4.98 Å². The number of nitrogens with one attached hydrogen (secondary N) is 2. The summed E-state index contributed by atoms with van der Waals surface area (Å²) in [6, 6.07) is 15.2. The number of ether oxygens (including phenoxy) is 1. The van der Waals surface area contributed by atoms with E-state index in [9.17, 15) is 9.59 Å². The first-order valence-electron chi connectivity index (χ1n) is 11.6. The molecule has 2 N–H and O–H groups in total. The molecule has 1 aromatic heterocycles. The predicted molar refractivity (Wildman–Crippen MR) is 122 cm³/mol. The molecule has 2 aromatic carbocycles. The molecule has 2 heterocycles. The maximum Gasteiger partial charge on any atom is 0.252 e. The normalized spacial score (nSPS) is 20.1. The number of benzene rings is 2. The Labute approximate surface area is 192 Å². The Kier molecular flexibility index (Phi) is 4.71. The lowest BCUT2D eigenvalue weighted by atomic mass is 10.0. The Morgan fingerprint density at radius 3 is 2.58 bits per heavy atom. The molecule has 7 nitrogen and oxygen atoms in total. The first-order chi connectivity index (χ1) is 16.1. The maximum atomic E-state index is 13.3. The molecule has 0 spiro atoms. The molecular formula is C26H26N4O3. The first-order valence-corrected chi connectivity index (χ1v) is 11.6. The van der Waals surface area contributed by atoms with Gasteiger partial charge >= 0.3 is 0 Å². The van der Waals surface area contributed by atoms with Crippen LogP contribution in [0, 0.1) is 0 Å². The molecule has 168 valence electrons. The highest BCUT2D eigenvalue weighted by atomic mass is 16.5. The van der Waals surface area contributed by atoms with Crippen molar-refractivity contribution >= 4 is 11.8 Å². The zero-order valence-electron chi connectivity index (χ0n) is 18.3. The summed E-state index contributed by atoms with van der Waals surface area (Å²) in [6.07, 6.45) is 9.07. The number of aryl methyl sites for hydroxylation is 1. The fourth-order valence-electron chi connectivity index (χ4n) is 4.48. The second-order valence-electron chi connectivity index (χ2n) is 9.23. The van der Waals surface area contributed by atoms with Crippen LogP contribution in [0.5, 0.6) is 5.75 Å². The molecule has 0 saturated heterocycles. The van der Waals surface area contributed by atoms with Crippen LogP contribution in [0.2, 0.25) is 0 Å². The van der Waals surface area contributed by atoms with E-state index in [0.29, 0.717) is 24.5 Å². The van der Waals surface area contributed by atoms with Crippen LogP contribution in [-0.4, -0.2) is 33.0 Å². The quantitative estimate of drug-likeness (QED) is 0.612. The van der Waals surface area contributed by atoms with Crippen LogP contribution in [0.1, 0.15) is 59.9 Å². The van der Waals surface area contributed by atoms with Crippen molar-refractivity contribution in [3.8, 4) is 11.4 Å². The van der Waals surface area contributed by atoms with Gasteiger partial charge in [-0.05, 0) is 74.4 Å². The SMILES string of the molecule is O=C(NC1(C(=O)N[C@@H]2CCc3ccccc3-n3ccnc32)CC1)c1ccc(OC2CC2)cc1. The van der Waals surface area contributed by atoms with Gasteiger partial charge in [0.25, 0.3) is 5.91 Å². The fraction of sp³-hybridized carbons (Fsp3) is 0.346. The van der Waals surface area contributed by atoms with Crippen LogP contribution in [0.25, 0.3) is 5.69 Å². The van der Waals surface area contributed by atoms with Gasteiger partial charge in [-0.15, -0.1) is 0 Å². The van der Waals surface area contributed by atoms with Gasteiger partial charge in [0.15, 0.2) is 0 Å². The molecule has 33 heavy (non-hydrogen) atoms. The third-order valence-corrected chi connectivity index (χ3v) is 6.72. The van der Waals surface area contributed by atoms with Crippen molar-refractivity contribution in [2.24, 2.45) is 0 Å². The summed E-state index contributed by atoms with van der Waals surface area (Å²) in [4.78, 5) is 30.7. The lowest BCUT2D eigenvalue weighted by Crippen LogP contribution is -2.50. The van der Waals surface area contributed by atoms with Crippen molar-refractivity contribution in [1.82, 2.24) is 20.2 Å². The van der Waals surface area contributed by atoms with Crippen molar-refractivity contribution in [1.29, 1.82) is 0 Å². The summed E-state index contributed by atoms with van der Waals surface area (Å²) < 4.78 is 7.80. The van der Waals surface area contributed by atoms with Crippen LogP contribution in [0.3, 0.4) is 0 Å². The van der Waals surface area contributed by atoms with E-state index in [-0.39, 0.29) is 17.9 Å². The Hall–Kier alpha value is -3.61. The Morgan fingerprint density at radius 2 is 1.82 bits per heavy atom. The zero-order valence-corrected chi connectivity index (χ0v) is 18.3. The number of imidazole rings is 1. The summed E-state index contributed by atoms with van der Waals surface area (Å²) >= 11 is 0. The van der Waals surface area contributed by atoms with Gasteiger partial charge in [0.05, 0.1) is 12.1 Å². The minimum atomic E-state index is -0.850. The van der Waals surface area contributed by atoms with E-state index in [1.54, 1.807) is 18.3 Å². The van der Waals surface area contributed by atoms with Crippen LogP contribution in [0.4, 0.5) is 0 Å². The van der Waals surface area contributed by atoms with E-state index >= 15 is 0 Å². The first kappa shape index (κ1) is 20.0. The maximum absolute atomic E-state index is 13.3. The highest BCUT2D eigenvalue weighted by molar-refractivity contribution is 6.00. The average Bonchev–Trinajstić information content (AvgIpc) is 3.76. The lowest BCUT2D eigenvalue weighted by Gasteiger charge is -2.22. The molecule has 1 atom stereocenters. The van der Waals surface area contributed by atoms with E-state index in [0.717, 1.165) is 42.9 Å². The highest BCUT2D eigenvalue weighted by Crippen LogP contribution is 2.38. The number of nitrogens with zero attached hydrogens (tertiary/aromatic N) is 2. The second kappa shape index (κ2) is 7.76. The Morgan fingerprint density at radius 1 is 1.03 bits per heavy atom. The molecule has 2 amide bonds. The number of para-hydroxylation sites is 1. The largest absolute Gasteiger partial charge is 0.490 e. The van der Waals surface area contributed by atoms with Gasteiger partial charge in [0.1, 0.15) is 17.1 Å². The molecule has 2 aliphatic carbocycles. The van der Waals surface area contributed by atoms with Crippen molar-refractivity contribution in [2.75, 3.05) is 0 Å². The van der Waals surface area contributed by atoms with Gasteiger partial charge in [-0.1, -0.05) is 18.2 Å². The molecule has 7 heteroatoms. The minimum absolute atomic E-state index is 0.143. The Balaban J connectivity index is 1.15. The monoisotopic (exact) mass is 442 g/mol. The number of hydrogen-bond donors (Lipinski definition) is 2. The molecule has 0 radical (unpaired) electrons. The van der Waals surface area contributed by atoms with E-state index in [1.807, 2.05) is 30.5 Å². The number of carbonyl (C=O) groups is 2. The van der Waals surface area contributed by atoms with Crippen LogP contribution in [0.15, 0.2) is 60.9 Å². The van der Waals surface area contributed by atoms with Gasteiger partial charge in [0, 0.05) is 23.6 Å². The number of rotatable bonds is 6.